The van der Waals surface area contributed by atoms with Gasteiger partial charge in [0.2, 0.25) is 5.91 Å². The lowest BCUT2D eigenvalue weighted by molar-refractivity contribution is -0.125. The summed E-state index contributed by atoms with van der Waals surface area (Å²) >= 11 is 5.16. The number of nitrogens with zero attached hydrogens (tertiary/aromatic N) is 1. The molecule has 1 N–H and O–H groups in total. The summed E-state index contributed by atoms with van der Waals surface area (Å²) in [7, 11) is 3.63. The molecular formula is C18H23BrN2O2S. The molecule has 0 fully saturated rings. The van der Waals surface area contributed by atoms with E-state index < -0.39 is 0 Å². The van der Waals surface area contributed by atoms with Crippen LogP contribution in [0.4, 0.5) is 0 Å². The van der Waals surface area contributed by atoms with Gasteiger partial charge < -0.3 is 10.1 Å². The first-order valence-corrected chi connectivity index (χ1v) is 9.45. The Labute approximate surface area is 156 Å². The molecule has 1 amide bonds. The number of benzene rings is 1. The van der Waals surface area contributed by atoms with E-state index >= 15 is 0 Å². The van der Waals surface area contributed by atoms with E-state index in [9.17, 15) is 4.79 Å². The van der Waals surface area contributed by atoms with Gasteiger partial charge in [0.25, 0.3) is 0 Å². The van der Waals surface area contributed by atoms with Gasteiger partial charge in [-0.05, 0) is 66.2 Å². The Morgan fingerprint density at radius 1 is 1.29 bits per heavy atom. The Kier molecular flexibility index (Phi) is 7.27. The first-order chi connectivity index (χ1) is 11.5. The Morgan fingerprint density at radius 2 is 2.00 bits per heavy atom. The maximum absolute atomic E-state index is 12.3. The maximum atomic E-state index is 12.3. The SMILES string of the molecule is COc1ccc(CCNC(=O)C(C)N(C)Cc2ccc(Br)s2)cc1. The second-order valence-electron chi connectivity index (χ2n) is 5.69. The van der Waals surface area contributed by atoms with Gasteiger partial charge in [-0.2, -0.15) is 0 Å². The fourth-order valence-corrected chi connectivity index (χ4v) is 3.84. The molecule has 2 aromatic rings. The summed E-state index contributed by atoms with van der Waals surface area (Å²) in [6.07, 6.45) is 0.810. The highest BCUT2D eigenvalue weighted by Gasteiger charge is 2.18. The first-order valence-electron chi connectivity index (χ1n) is 7.84. The Morgan fingerprint density at radius 3 is 2.58 bits per heavy atom. The van der Waals surface area contributed by atoms with E-state index in [1.54, 1.807) is 18.4 Å². The van der Waals surface area contributed by atoms with Crippen LogP contribution < -0.4 is 10.1 Å². The van der Waals surface area contributed by atoms with Gasteiger partial charge in [0.15, 0.2) is 0 Å². The first kappa shape index (κ1) is 19.0. The molecule has 0 aliphatic carbocycles. The molecule has 1 atom stereocenters. The Hall–Kier alpha value is -1.37. The molecular weight excluding hydrogens is 388 g/mol. The molecule has 2 rings (SSSR count). The van der Waals surface area contributed by atoms with Crippen molar-refractivity contribution in [1.82, 2.24) is 10.2 Å². The number of halogens is 1. The van der Waals surface area contributed by atoms with Crippen LogP contribution in [0.1, 0.15) is 17.4 Å². The van der Waals surface area contributed by atoms with Gasteiger partial charge in [-0.15, -0.1) is 11.3 Å². The molecule has 1 unspecified atom stereocenters. The molecule has 0 aliphatic rings. The van der Waals surface area contributed by atoms with Crippen molar-refractivity contribution in [2.24, 2.45) is 0 Å². The summed E-state index contributed by atoms with van der Waals surface area (Å²) in [5.41, 5.74) is 1.18. The molecule has 4 nitrogen and oxygen atoms in total. The molecule has 1 aromatic heterocycles. The highest BCUT2D eigenvalue weighted by atomic mass is 79.9. The third-order valence-corrected chi connectivity index (χ3v) is 5.56. The summed E-state index contributed by atoms with van der Waals surface area (Å²) in [5.74, 6) is 0.903. The molecule has 1 heterocycles. The second-order valence-corrected chi connectivity index (χ2v) is 8.23. The number of hydrogen-bond donors (Lipinski definition) is 1. The molecule has 24 heavy (non-hydrogen) atoms. The molecule has 0 spiro atoms. The summed E-state index contributed by atoms with van der Waals surface area (Å²) in [6, 6.07) is 11.9. The van der Waals surface area contributed by atoms with Crippen molar-refractivity contribution in [1.29, 1.82) is 0 Å². The average molecular weight is 411 g/mol. The Bertz CT molecular complexity index is 657. The van der Waals surface area contributed by atoms with E-state index in [0.29, 0.717) is 6.54 Å². The summed E-state index contributed by atoms with van der Waals surface area (Å²) in [6.45, 7) is 3.34. The van der Waals surface area contributed by atoms with Gasteiger partial charge in [0.05, 0.1) is 16.9 Å². The van der Waals surface area contributed by atoms with Gasteiger partial charge in [0.1, 0.15) is 5.75 Å². The third-order valence-electron chi connectivity index (χ3n) is 3.95. The standard InChI is InChI=1S/C18H23BrN2O2S/c1-13(21(2)12-16-8-9-17(19)24-16)18(22)20-11-10-14-4-6-15(23-3)7-5-14/h4-9,13H,10-12H2,1-3H3,(H,20,22). The number of carbonyl (C=O) groups is 1. The van der Waals surface area contributed by atoms with Crippen LogP contribution in [0.25, 0.3) is 0 Å². The zero-order valence-corrected chi connectivity index (χ0v) is 16.6. The zero-order valence-electron chi connectivity index (χ0n) is 14.2. The topological polar surface area (TPSA) is 41.6 Å². The Balaban J connectivity index is 1.76. The lowest BCUT2D eigenvalue weighted by Gasteiger charge is -2.23. The van der Waals surface area contributed by atoms with E-state index in [-0.39, 0.29) is 11.9 Å². The van der Waals surface area contributed by atoms with E-state index in [4.69, 9.17) is 4.74 Å². The number of rotatable bonds is 8. The van der Waals surface area contributed by atoms with Crippen molar-refractivity contribution in [2.75, 3.05) is 20.7 Å². The molecule has 0 aliphatic heterocycles. The minimum atomic E-state index is -0.165. The molecule has 130 valence electrons. The number of amides is 1. The van der Waals surface area contributed by atoms with Crippen molar-refractivity contribution >= 4 is 33.2 Å². The highest BCUT2D eigenvalue weighted by Crippen LogP contribution is 2.23. The van der Waals surface area contributed by atoms with E-state index in [1.807, 2.05) is 44.3 Å². The van der Waals surface area contributed by atoms with Gasteiger partial charge in [-0.3, -0.25) is 9.69 Å². The summed E-state index contributed by atoms with van der Waals surface area (Å²) in [4.78, 5) is 15.6. The van der Waals surface area contributed by atoms with Crippen LogP contribution in [0.2, 0.25) is 0 Å². The minimum Gasteiger partial charge on any atom is -0.497 e. The van der Waals surface area contributed by atoms with E-state index in [0.717, 1.165) is 22.5 Å². The number of methoxy groups -OCH3 is 1. The number of ether oxygens (including phenoxy) is 1. The lowest BCUT2D eigenvalue weighted by atomic mass is 10.1. The number of carbonyl (C=O) groups excluding carboxylic acids is 1. The van der Waals surface area contributed by atoms with Crippen LogP contribution in [-0.2, 0) is 17.8 Å². The molecule has 0 saturated heterocycles. The van der Waals surface area contributed by atoms with Crippen molar-refractivity contribution in [3.05, 3.63) is 50.6 Å². The summed E-state index contributed by atoms with van der Waals surface area (Å²) in [5, 5.41) is 3.01. The number of likely N-dealkylation sites (N-methyl/N-ethyl adjacent to an activating group) is 1. The fraction of sp³-hybridized carbons (Fsp3) is 0.389. The number of hydrogen-bond acceptors (Lipinski definition) is 4. The van der Waals surface area contributed by atoms with Crippen molar-refractivity contribution in [3.63, 3.8) is 0 Å². The zero-order chi connectivity index (χ0) is 17.5. The van der Waals surface area contributed by atoms with Gasteiger partial charge >= 0.3 is 0 Å². The predicted molar refractivity (Wildman–Crippen MR) is 103 cm³/mol. The molecule has 0 bridgehead atoms. The molecule has 1 aromatic carbocycles. The van der Waals surface area contributed by atoms with Crippen LogP contribution in [0.15, 0.2) is 40.2 Å². The third kappa shape index (κ3) is 5.61. The molecule has 6 heteroatoms. The largest absolute Gasteiger partial charge is 0.497 e. The normalized spacial score (nSPS) is 12.2. The lowest BCUT2D eigenvalue weighted by Crippen LogP contribution is -2.43. The fourth-order valence-electron chi connectivity index (χ4n) is 2.29. The number of nitrogens with one attached hydrogen (secondary N) is 1. The second kappa shape index (κ2) is 9.20. The monoisotopic (exact) mass is 410 g/mol. The summed E-state index contributed by atoms with van der Waals surface area (Å²) < 4.78 is 6.26. The molecule has 0 radical (unpaired) electrons. The van der Waals surface area contributed by atoms with Gasteiger partial charge in [-0.1, -0.05) is 12.1 Å². The quantitative estimate of drug-likeness (QED) is 0.720. The van der Waals surface area contributed by atoms with Crippen molar-refractivity contribution < 1.29 is 9.53 Å². The smallest absolute Gasteiger partial charge is 0.237 e. The van der Waals surface area contributed by atoms with Crippen LogP contribution in [-0.4, -0.2) is 37.6 Å². The van der Waals surface area contributed by atoms with E-state index in [1.165, 1.54) is 10.4 Å². The average Bonchev–Trinajstić information content (AvgIpc) is 2.99. The highest BCUT2D eigenvalue weighted by molar-refractivity contribution is 9.11. The van der Waals surface area contributed by atoms with Crippen LogP contribution in [0.3, 0.4) is 0 Å². The van der Waals surface area contributed by atoms with E-state index in [2.05, 4.69) is 32.2 Å². The predicted octanol–water partition coefficient (Wildman–Crippen LogP) is 3.70. The molecule has 0 saturated carbocycles. The van der Waals surface area contributed by atoms with Crippen LogP contribution in [0.5, 0.6) is 5.75 Å². The number of thiophene rings is 1. The van der Waals surface area contributed by atoms with Crippen LogP contribution in [0, 0.1) is 0 Å². The van der Waals surface area contributed by atoms with Crippen molar-refractivity contribution in [2.45, 2.75) is 25.9 Å². The maximum Gasteiger partial charge on any atom is 0.237 e. The van der Waals surface area contributed by atoms with Crippen LogP contribution >= 0.6 is 27.3 Å². The van der Waals surface area contributed by atoms with Crippen molar-refractivity contribution in [3.8, 4) is 5.75 Å². The van der Waals surface area contributed by atoms with Gasteiger partial charge in [-0.25, -0.2) is 0 Å². The minimum absolute atomic E-state index is 0.0571. The van der Waals surface area contributed by atoms with Gasteiger partial charge in [0, 0.05) is 18.0 Å².